The summed E-state index contributed by atoms with van der Waals surface area (Å²) in [7, 11) is 1.99. The molecule has 0 aliphatic heterocycles. The zero-order valence-electron chi connectivity index (χ0n) is 8.64. The topological polar surface area (TPSA) is 12.0 Å². The van der Waals surface area contributed by atoms with Gasteiger partial charge < -0.3 is 0 Å². The molecular formula is C13H14NPd+. The molecule has 1 aromatic rings. The molecule has 0 heterocycles. The molecule has 0 aromatic heterocycles. The first-order chi connectivity index (χ1) is 7.26. The van der Waals surface area contributed by atoms with E-state index in [0.29, 0.717) is 0 Å². The molecule has 1 N–H and O–H groups in total. The summed E-state index contributed by atoms with van der Waals surface area (Å²) in [5, 5.41) is 3.34. The van der Waals surface area contributed by atoms with E-state index in [0.717, 1.165) is 6.42 Å². The van der Waals surface area contributed by atoms with Gasteiger partial charge in [-0.25, -0.2) is 0 Å². The predicted octanol–water partition coefficient (Wildman–Crippen LogP) is 2.49. The Balaban J connectivity index is 2.42. The van der Waals surface area contributed by atoms with Gasteiger partial charge in [-0.1, -0.05) is 0 Å². The van der Waals surface area contributed by atoms with Crippen molar-refractivity contribution in [3.8, 4) is 0 Å². The van der Waals surface area contributed by atoms with Gasteiger partial charge in [0.05, 0.1) is 0 Å². The van der Waals surface area contributed by atoms with Crippen molar-refractivity contribution in [1.29, 1.82) is 0 Å². The number of benzene rings is 1. The van der Waals surface area contributed by atoms with E-state index in [1.807, 2.05) is 13.1 Å². The van der Waals surface area contributed by atoms with Crippen LogP contribution in [0.1, 0.15) is 12.0 Å². The van der Waals surface area contributed by atoms with E-state index in [9.17, 15) is 0 Å². The average molecular weight is 291 g/mol. The van der Waals surface area contributed by atoms with Gasteiger partial charge in [-0.05, 0) is 0 Å². The molecule has 0 amide bonds. The van der Waals surface area contributed by atoms with Crippen LogP contribution in [0.15, 0.2) is 48.6 Å². The van der Waals surface area contributed by atoms with Gasteiger partial charge in [0, 0.05) is 0 Å². The molecule has 2 heteroatoms. The molecule has 15 heavy (non-hydrogen) atoms. The molecule has 1 aliphatic carbocycles. The summed E-state index contributed by atoms with van der Waals surface area (Å²) in [4.78, 5) is 0. The minimum atomic E-state index is -0.0844. The quantitative estimate of drug-likeness (QED) is 0.825. The third kappa shape index (κ3) is 2.13. The second kappa shape index (κ2) is 4.45. The molecule has 0 bridgehead atoms. The van der Waals surface area contributed by atoms with Crippen molar-refractivity contribution in [1.82, 2.24) is 5.32 Å². The van der Waals surface area contributed by atoms with Gasteiger partial charge in [0.15, 0.2) is 0 Å². The maximum absolute atomic E-state index is 3.46. The molecule has 1 nitrogen and oxygen atoms in total. The van der Waals surface area contributed by atoms with E-state index in [1.165, 1.54) is 11.1 Å². The molecule has 0 saturated heterocycles. The third-order valence-corrected chi connectivity index (χ3v) is 3.79. The molecular weight excluding hydrogens is 277 g/mol. The van der Waals surface area contributed by atoms with Crippen LogP contribution in [-0.4, -0.2) is 11.1 Å². The fraction of sp³-hybridized carbons (Fsp3) is 0.231. The maximum atomic E-state index is 3.46. The fourth-order valence-electron chi connectivity index (χ4n) is 1.79. The van der Waals surface area contributed by atoms with Crippen LogP contribution in [0.25, 0.3) is 5.57 Å². The van der Waals surface area contributed by atoms with E-state index >= 15 is 0 Å². The van der Waals surface area contributed by atoms with Crippen molar-refractivity contribution in [2.24, 2.45) is 0 Å². The van der Waals surface area contributed by atoms with Crippen LogP contribution in [0.3, 0.4) is 0 Å². The summed E-state index contributed by atoms with van der Waals surface area (Å²) < 4.78 is -0.0844. The van der Waals surface area contributed by atoms with Gasteiger partial charge in [-0.3, -0.25) is 0 Å². The van der Waals surface area contributed by atoms with Gasteiger partial charge in [0.25, 0.3) is 0 Å². The van der Waals surface area contributed by atoms with Crippen molar-refractivity contribution in [2.45, 2.75) is 10.4 Å². The van der Waals surface area contributed by atoms with Crippen LogP contribution < -0.4 is 5.32 Å². The van der Waals surface area contributed by atoms with Crippen LogP contribution >= 0.6 is 0 Å². The normalized spacial score (nSPS) is 25.1. The molecule has 1 unspecified atom stereocenters. The number of hydrogen-bond acceptors (Lipinski definition) is 1. The molecule has 0 fully saturated rings. The van der Waals surface area contributed by atoms with Gasteiger partial charge in [-0.2, -0.15) is 0 Å². The van der Waals surface area contributed by atoms with Crippen molar-refractivity contribution in [3.63, 3.8) is 0 Å². The molecule has 0 spiro atoms. The molecule has 80 valence electrons. The SMILES string of the molecule is CN[C]1([Pd+])CC=CC=C1c1ccccc1. The second-order valence-corrected chi connectivity index (χ2v) is 4.90. The van der Waals surface area contributed by atoms with Gasteiger partial charge in [0.2, 0.25) is 0 Å². The second-order valence-electron chi connectivity index (χ2n) is 3.58. The summed E-state index contributed by atoms with van der Waals surface area (Å²) in [6.45, 7) is 0. The van der Waals surface area contributed by atoms with Crippen molar-refractivity contribution < 1.29 is 19.2 Å². The monoisotopic (exact) mass is 290 g/mol. The standard InChI is InChI=1S/C13H14N.Pd/c1-14-13-10-6-5-9-12(13)11-7-3-2-4-8-11;/h2-9,14H,10H2,1H3;/q;+1. The van der Waals surface area contributed by atoms with Crippen molar-refractivity contribution >= 4 is 5.57 Å². The minimum absolute atomic E-state index is 0.0844. The average Bonchev–Trinajstić information content (AvgIpc) is 2.31. The Morgan fingerprint density at radius 3 is 2.67 bits per heavy atom. The first-order valence-electron chi connectivity index (χ1n) is 5.04. The van der Waals surface area contributed by atoms with Crippen LogP contribution in [0.5, 0.6) is 0 Å². The van der Waals surface area contributed by atoms with Crippen LogP contribution in [0.4, 0.5) is 0 Å². The fourth-order valence-corrected chi connectivity index (χ4v) is 2.33. The van der Waals surface area contributed by atoms with Crippen LogP contribution in [-0.2, 0) is 19.2 Å². The Morgan fingerprint density at radius 2 is 2.00 bits per heavy atom. The van der Waals surface area contributed by atoms with Crippen molar-refractivity contribution in [2.75, 3.05) is 7.05 Å². The molecule has 1 aromatic carbocycles. The van der Waals surface area contributed by atoms with E-state index in [1.54, 1.807) is 0 Å². The first kappa shape index (κ1) is 10.8. The predicted molar refractivity (Wildman–Crippen MR) is 60.0 cm³/mol. The van der Waals surface area contributed by atoms with Gasteiger partial charge in [0.1, 0.15) is 0 Å². The van der Waals surface area contributed by atoms with E-state index in [4.69, 9.17) is 0 Å². The summed E-state index contributed by atoms with van der Waals surface area (Å²) in [5.74, 6) is 0. The molecule has 1 aliphatic rings. The molecule has 1 atom stereocenters. The summed E-state index contributed by atoms with van der Waals surface area (Å²) in [5.41, 5.74) is 2.57. The Morgan fingerprint density at radius 1 is 1.27 bits per heavy atom. The summed E-state index contributed by atoms with van der Waals surface area (Å²) in [6, 6.07) is 10.5. The zero-order chi connectivity index (χ0) is 10.7. The molecule has 0 radical (unpaired) electrons. The van der Waals surface area contributed by atoms with Crippen LogP contribution in [0.2, 0.25) is 0 Å². The number of allylic oxidation sites excluding steroid dienone is 2. The molecule has 0 saturated carbocycles. The van der Waals surface area contributed by atoms with Crippen LogP contribution in [0, 0.1) is 0 Å². The molecule has 2 rings (SSSR count). The Kier molecular flexibility index (Phi) is 3.21. The van der Waals surface area contributed by atoms with Gasteiger partial charge >= 0.3 is 102 Å². The third-order valence-electron chi connectivity index (χ3n) is 2.66. The first-order valence-corrected chi connectivity index (χ1v) is 5.81. The Bertz CT molecular complexity index is 394. The Labute approximate surface area is 102 Å². The number of likely N-dealkylation sites (N-methyl/N-ethyl adjacent to an activating group) is 1. The number of hydrogen-bond donors (Lipinski definition) is 1. The number of rotatable bonds is 2. The summed E-state index contributed by atoms with van der Waals surface area (Å²) >= 11 is 3.46. The van der Waals surface area contributed by atoms with Crippen molar-refractivity contribution in [3.05, 3.63) is 54.1 Å². The number of nitrogens with one attached hydrogen (secondary N) is 1. The Hall–Kier alpha value is -0.678. The zero-order valence-corrected chi connectivity index (χ0v) is 10.2. The summed E-state index contributed by atoms with van der Waals surface area (Å²) in [6.07, 6.45) is 7.44. The van der Waals surface area contributed by atoms with E-state index in [2.05, 4.69) is 67.0 Å². The van der Waals surface area contributed by atoms with E-state index in [-0.39, 0.29) is 4.01 Å². The van der Waals surface area contributed by atoms with E-state index < -0.39 is 0 Å². The van der Waals surface area contributed by atoms with Gasteiger partial charge in [-0.15, -0.1) is 0 Å².